The summed E-state index contributed by atoms with van der Waals surface area (Å²) in [6.07, 6.45) is 8.94. The second-order valence-electron chi connectivity index (χ2n) is 3.36. The minimum atomic E-state index is -0.0637. The van der Waals surface area contributed by atoms with Gasteiger partial charge in [-0.15, -0.1) is 0 Å². The average Bonchev–Trinajstić information content (AvgIpc) is 2.76. The molecular weight excluding hydrogens is 202 g/mol. The standard InChI is InChI=1S/C12H13N3O/c1-3-6-10(4-2)14-9-13-15-8-5-7-11(15)12(14)16/h3-9H,1-2H3. The molecule has 2 heterocycles. The molecule has 0 fully saturated rings. The zero-order chi connectivity index (χ0) is 11.5. The Hall–Kier alpha value is -2.10. The zero-order valence-electron chi connectivity index (χ0n) is 9.29. The maximum atomic E-state index is 12.1. The summed E-state index contributed by atoms with van der Waals surface area (Å²) in [5.41, 5.74) is 1.33. The fourth-order valence-corrected chi connectivity index (χ4v) is 1.60. The Kier molecular flexibility index (Phi) is 2.72. The van der Waals surface area contributed by atoms with Gasteiger partial charge in [0.25, 0.3) is 5.56 Å². The lowest BCUT2D eigenvalue weighted by Gasteiger charge is -2.05. The zero-order valence-corrected chi connectivity index (χ0v) is 9.29. The fourth-order valence-electron chi connectivity index (χ4n) is 1.60. The van der Waals surface area contributed by atoms with Crippen LogP contribution in [0.15, 0.2) is 47.7 Å². The highest BCUT2D eigenvalue weighted by Gasteiger charge is 2.04. The summed E-state index contributed by atoms with van der Waals surface area (Å²) in [7, 11) is 0. The van der Waals surface area contributed by atoms with Crippen LogP contribution in [0, 0.1) is 0 Å². The summed E-state index contributed by atoms with van der Waals surface area (Å²) in [6, 6.07) is 3.56. The fraction of sp³-hybridized carbons (Fsp3) is 0.167. The van der Waals surface area contributed by atoms with Crippen LogP contribution in [0.4, 0.5) is 0 Å². The lowest BCUT2D eigenvalue weighted by atomic mass is 10.3. The lowest BCUT2D eigenvalue weighted by molar-refractivity contribution is 0.838. The van der Waals surface area contributed by atoms with Gasteiger partial charge in [0, 0.05) is 11.9 Å². The minimum absolute atomic E-state index is 0.0637. The van der Waals surface area contributed by atoms with Crippen molar-refractivity contribution in [1.82, 2.24) is 14.2 Å². The van der Waals surface area contributed by atoms with Crippen molar-refractivity contribution >= 4 is 11.2 Å². The Labute approximate surface area is 93.1 Å². The first-order chi connectivity index (χ1) is 7.77. The highest BCUT2D eigenvalue weighted by atomic mass is 16.1. The molecule has 0 aliphatic carbocycles. The highest BCUT2D eigenvalue weighted by Crippen LogP contribution is 2.04. The van der Waals surface area contributed by atoms with E-state index in [1.165, 1.54) is 10.9 Å². The molecule has 0 spiro atoms. The summed E-state index contributed by atoms with van der Waals surface area (Å²) in [4.78, 5) is 12.1. The number of hydrogen-bond donors (Lipinski definition) is 0. The molecule has 0 unspecified atom stereocenters. The minimum Gasteiger partial charge on any atom is -0.266 e. The van der Waals surface area contributed by atoms with Gasteiger partial charge >= 0.3 is 0 Å². The van der Waals surface area contributed by atoms with Crippen LogP contribution in [-0.4, -0.2) is 14.2 Å². The Morgan fingerprint density at radius 1 is 1.44 bits per heavy atom. The SMILES string of the molecule is CC=CC(=CC)n1cnn2cccc2c1=O. The first-order valence-corrected chi connectivity index (χ1v) is 5.12. The van der Waals surface area contributed by atoms with E-state index in [9.17, 15) is 4.79 Å². The molecule has 0 N–H and O–H groups in total. The molecule has 0 aliphatic heterocycles. The third kappa shape index (κ3) is 1.58. The second kappa shape index (κ2) is 4.18. The summed E-state index contributed by atoms with van der Waals surface area (Å²) in [6.45, 7) is 3.81. The van der Waals surface area contributed by atoms with Crippen molar-refractivity contribution in [3.05, 3.63) is 53.2 Å². The van der Waals surface area contributed by atoms with Gasteiger partial charge < -0.3 is 0 Å². The molecule has 0 aliphatic rings. The van der Waals surface area contributed by atoms with Crippen molar-refractivity contribution in [2.24, 2.45) is 0 Å². The molecule has 82 valence electrons. The lowest BCUT2D eigenvalue weighted by Crippen LogP contribution is -2.21. The van der Waals surface area contributed by atoms with Gasteiger partial charge in [-0.1, -0.05) is 12.2 Å². The first-order valence-electron chi connectivity index (χ1n) is 5.12. The van der Waals surface area contributed by atoms with Crippen LogP contribution >= 0.6 is 0 Å². The van der Waals surface area contributed by atoms with Crippen molar-refractivity contribution in [1.29, 1.82) is 0 Å². The molecule has 2 rings (SSSR count). The molecular formula is C12H13N3O. The van der Waals surface area contributed by atoms with Gasteiger partial charge in [-0.3, -0.25) is 9.36 Å². The van der Waals surface area contributed by atoms with Gasteiger partial charge in [0.15, 0.2) is 0 Å². The summed E-state index contributed by atoms with van der Waals surface area (Å²) in [5.74, 6) is 0. The molecule has 2 aromatic heterocycles. The third-order valence-electron chi connectivity index (χ3n) is 2.37. The Bertz CT molecular complexity index is 616. The van der Waals surface area contributed by atoms with Gasteiger partial charge in [0.05, 0.1) is 0 Å². The van der Waals surface area contributed by atoms with E-state index in [-0.39, 0.29) is 5.56 Å². The van der Waals surface area contributed by atoms with Crippen LogP contribution in [0.25, 0.3) is 11.2 Å². The van der Waals surface area contributed by atoms with Gasteiger partial charge in [-0.2, -0.15) is 5.10 Å². The second-order valence-corrected chi connectivity index (χ2v) is 3.36. The summed E-state index contributed by atoms with van der Waals surface area (Å²) < 4.78 is 3.11. The molecule has 0 aromatic carbocycles. The van der Waals surface area contributed by atoms with Crippen molar-refractivity contribution in [2.75, 3.05) is 0 Å². The van der Waals surface area contributed by atoms with Crippen LogP contribution in [0.3, 0.4) is 0 Å². The maximum Gasteiger partial charge on any atom is 0.282 e. The molecule has 0 amide bonds. The highest BCUT2D eigenvalue weighted by molar-refractivity contribution is 5.58. The van der Waals surface area contributed by atoms with E-state index in [0.29, 0.717) is 5.52 Å². The number of allylic oxidation sites excluding steroid dienone is 4. The van der Waals surface area contributed by atoms with Crippen LogP contribution in [0.5, 0.6) is 0 Å². The van der Waals surface area contributed by atoms with Crippen molar-refractivity contribution in [3.63, 3.8) is 0 Å². The molecule has 0 radical (unpaired) electrons. The summed E-state index contributed by atoms with van der Waals surface area (Å²) >= 11 is 0. The number of nitrogens with zero attached hydrogens (tertiary/aromatic N) is 3. The molecule has 0 bridgehead atoms. The van der Waals surface area contributed by atoms with Crippen LogP contribution < -0.4 is 5.56 Å². The van der Waals surface area contributed by atoms with Gasteiger partial charge in [0.1, 0.15) is 11.8 Å². The predicted molar refractivity (Wildman–Crippen MR) is 64.2 cm³/mol. The number of fused-ring (bicyclic) bond motifs is 1. The maximum absolute atomic E-state index is 12.1. The molecule has 4 nitrogen and oxygen atoms in total. The topological polar surface area (TPSA) is 39.3 Å². The van der Waals surface area contributed by atoms with Crippen LogP contribution in [0.2, 0.25) is 0 Å². The molecule has 4 heteroatoms. The van der Waals surface area contributed by atoms with Crippen LogP contribution in [-0.2, 0) is 0 Å². The van der Waals surface area contributed by atoms with Gasteiger partial charge in [-0.25, -0.2) is 4.52 Å². The third-order valence-corrected chi connectivity index (χ3v) is 2.37. The Morgan fingerprint density at radius 3 is 2.94 bits per heavy atom. The smallest absolute Gasteiger partial charge is 0.266 e. The van der Waals surface area contributed by atoms with E-state index in [0.717, 1.165) is 5.70 Å². The Balaban J connectivity index is 2.70. The average molecular weight is 215 g/mol. The number of hydrogen-bond acceptors (Lipinski definition) is 2. The normalized spacial score (nSPS) is 12.8. The van der Waals surface area contributed by atoms with E-state index in [4.69, 9.17) is 0 Å². The number of aromatic nitrogens is 3. The van der Waals surface area contributed by atoms with E-state index in [1.807, 2.05) is 32.1 Å². The van der Waals surface area contributed by atoms with E-state index >= 15 is 0 Å². The Morgan fingerprint density at radius 2 is 2.25 bits per heavy atom. The molecule has 0 atom stereocenters. The first kappa shape index (κ1) is 10.4. The molecule has 0 saturated heterocycles. The van der Waals surface area contributed by atoms with Gasteiger partial charge in [0.2, 0.25) is 0 Å². The largest absolute Gasteiger partial charge is 0.282 e. The van der Waals surface area contributed by atoms with E-state index < -0.39 is 0 Å². The van der Waals surface area contributed by atoms with Crippen molar-refractivity contribution < 1.29 is 0 Å². The van der Waals surface area contributed by atoms with Crippen molar-refractivity contribution in [2.45, 2.75) is 13.8 Å². The van der Waals surface area contributed by atoms with E-state index in [1.54, 1.807) is 22.8 Å². The van der Waals surface area contributed by atoms with E-state index in [2.05, 4.69) is 5.10 Å². The molecule has 0 saturated carbocycles. The summed E-state index contributed by atoms with van der Waals surface area (Å²) in [5, 5.41) is 4.16. The molecule has 2 aromatic rings. The molecule has 16 heavy (non-hydrogen) atoms. The van der Waals surface area contributed by atoms with Crippen LogP contribution in [0.1, 0.15) is 13.8 Å². The van der Waals surface area contributed by atoms with Crippen molar-refractivity contribution in [3.8, 4) is 0 Å². The predicted octanol–water partition coefficient (Wildman–Crippen LogP) is 1.93. The number of rotatable bonds is 2. The monoisotopic (exact) mass is 215 g/mol. The quantitative estimate of drug-likeness (QED) is 0.718. The van der Waals surface area contributed by atoms with Gasteiger partial charge in [-0.05, 0) is 32.1 Å².